The molecule has 2 aromatic heterocycles. The minimum Gasteiger partial charge on any atom is -0.496 e. The summed E-state index contributed by atoms with van der Waals surface area (Å²) in [5.41, 5.74) is 3.29. The Kier molecular flexibility index (Phi) is 6.18. The fourth-order valence-corrected chi connectivity index (χ4v) is 3.28. The quantitative estimate of drug-likeness (QED) is 0.417. The molecular weight excluding hydrogens is 444 g/mol. The summed E-state index contributed by atoms with van der Waals surface area (Å²) in [5.74, 6) is 0.975. The van der Waals surface area contributed by atoms with Gasteiger partial charge in [0.15, 0.2) is 11.2 Å². The van der Waals surface area contributed by atoms with E-state index in [1.54, 1.807) is 32.0 Å². The minimum absolute atomic E-state index is 0.270. The van der Waals surface area contributed by atoms with E-state index in [1.165, 1.54) is 11.6 Å². The molecular formula is C18H21BrN6O4. The zero-order valence-corrected chi connectivity index (χ0v) is 18.1. The lowest BCUT2D eigenvalue weighted by Crippen LogP contribution is -2.37. The molecule has 10 nitrogen and oxygen atoms in total. The Morgan fingerprint density at radius 1 is 1.24 bits per heavy atom. The average molecular weight is 465 g/mol. The second kappa shape index (κ2) is 8.62. The summed E-state index contributed by atoms with van der Waals surface area (Å²) in [6, 6.07) is 5.54. The van der Waals surface area contributed by atoms with E-state index in [2.05, 4.69) is 31.4 Å². The van der Waals surface area contributed by atoms with Crippen molar-refractivity contribution < 1.29 is 9.47 Å². The Labute approximate surface area is 174 Å². The van der Waals surface area contributed by atoms with Crippen molar-refractivity contribution >= 4 is 39.3 Å². The predicted octanol–water partition coefficient (Wildman–Crippen LogP) is 1.30. The SMILES string of the molecule is COCCn1c(NN=Cc2cc(Br)ccc2OC)nc2c1c(=O)n(C)c(=O)n2C. The van der Waals surface area contributed by atoms with Gasteiger partial charge in [0.1, 0.15) is 5.75 Å². The second-order valence-corrected chi connectivity index (χ2v) is 7.13. The number of hydrazone groups is 1. The summed E-state index contributed by atoms with van der Waals surface area (Å²) in [4.78, 5) is 29.3. The van der Waals surface area contributed by atoms with Gasteiger partial charge in [-0.2, -0.15) is 10.1 Å². The topological polar surface area (TPSA) is 105 Å². The number of nitrogens with one attached hydrogen (secondary N) is 1. The van der Waals surface area contributed by atoms with Crippen LogP contribution in [0.5, 0.6) is 5.75 Å². The molecule has 0 fully saturated rings. The van der Waals surface area contributed by atoms with E-state index in [-0.39, 0.29) is 5.65 Å². The smallest absolute Gasteiger partial charge is 0.332 e. The first-order valence-electron chi connectivity index (χ1n) is 8.66. The van der Waals surface area contributed by atoms with Crippen molar-refractivity contribution in [3.63, 3.8) is 0 Å². The van der Waals surface area contributed by atoms with Crippen LogP contribution in [-0.4, -0.2) is 45.7 Å². The number of imidazole rings is 1. The van der Waals surface area contributed by atoms with Crippen LogP contribution in [0.25, 0.3) is 11.2 Å². The summed E-state index contributed by atoms with van der Waals surface area (Å²) in [6.07, 6.45) is 1.58. The molecule has 1 N–H and O–H groups in total. The van der Waals surface area contributed by atoms with Crippen molar-refractivity contribution in [3.05, 3.63) is 49.1 Å². The number of aryl methyl sites for hydroxylation is 1. The Hall–Kier alpha value is -2.92. The molecule has 0 unspecified atom stereocenters. The highest BCUT2D eigenvalue weighted by Crippen LogP contribution is 2.21. The number of fused-ring (bicyclic) bond motifs is 1. The maximum Gasteiger partial charge on any atom is 0.332 e. The molecule has 0 aliphatic rings. The van der Waals surface area contributed by atoms with Crippen molar-refractivity contribution in [2.24, 2.45) is 19.2 Å². The van der Waals surface area contributed by atoms with Crippen LogP contribution in [-0.2, 0) is 25.4 Å². The van der Waals surface area contributed by atoms with Crippen LogP contribution in [0.15, 0.2) is 37.4 Å². The van der Waals surface area contributed by atoms with Gasteiger partial charge in [0.25, 0.3) is 5.56 Å². The summed E-state index contributed by atoms with van der Waals surface area (Å²) in [5, 5.41) is 4.23. The fourth-order valence-electron chi connectivity index (χ4n) is 2.90. The monoisotopic (exact) mass is 464 g/mol. The lowest BCUT2D eigenvalue weighted by atomic mass is 10.2. The van der Waals surface area contributed by atoms with Crippen LogP contribution in [0, 0.1) is 0 Å². The number of hydrogen-bond donors (Lipinski definition) is 1. The standard InChI is InChI=1S/C18H21BrN6O4/c1-23-15-14(16(26)24(2)18(23)27)25(7-8-28-3)17(21-15)22-20-10-11-9-12(19)5-6-13(11)29-4/h5-6,9-10H,7-8H2,1-4H3,(H,21,22). The summed E-state index contributed by atoms with van der Waals surface area (Å²) >= 11 is 3.42. The molecule has 3 rings (SSSR count). The molecule has 29 heavy (non-hydrogen) atoms. The molecule has 2 heterocycles. The molecule has 3 aromatic rings. The third-order valence-corrected chi connectivity index (χ3v) is 4.92. The van der Waals surface area contributed by atoms with Gasteiger partial charge in [0.2, 0.25) is 5.95 Å². The highest BCUT2D eigenvalue weighted by Gasteiger charge is 2.18. The molecule has 0 amide bonds. The number of anilines is 1. The third-order valence-electron chi connectivity index (χ3n) is 4.43. The zero-order chi connectivity index (χ0) is 21.1. The molecule has 0 bridgehead atoms. The highest BCUT2D eigenvalue weighted by molar-refractivity contribution is 9.10. The molecule has 154 valence electrons. The molecule has 11 heteroatoms. The molecule has 0 radical (unpaired) electrons. The van der Waals surface area contributed by atoms with Crippen LogP contribution in [0.4, 0.5) is 5.95 Å². The number of benzene rings is 1. The van der Waals surface area contributed by atoms with Gasteiger partial charge >= 0.3 is 5.69 Å². The van der Waals surface area contributed by atoms with Crippen LogP contribution in [0.2, 0.25) is 0 Å². The van der Waals surface area contributed by atoms with Gasteiger partial charge in [0.05, 0.1) is 19.9 Å². The number of aromatic nitrogens is 4. The predicted molar refractivity (Wildman–Crippen MR) is 114 cm³/mol. The van der Waals surface area contributed by atoms with Crippen molar-refractivity contribution in [1.82, 2.24) is 18.7 Å². The van der Waals surface area contributed by atoms with Crippen molar-refractivity contribution in [2.75, 3.05) is 26.3 Å². The van der Waals surface area contributed by atoms with E-state index in [1.807, 2.05) is 18.2 Å². The molecule has 0 saturated carbocycles. The largest absolute Gasteiger partial charge is 0.496 e. The molecule has 0 aliphatic heterocycles. The molecule has 0 saturated heterocycles. The van der Waals surface area contributed by atoms with E-state index in [0.29, 0.717) is 30.4 Å². The minimum atomic E-state index is -0.451. The first kappa shape index (κ1) is 20.8. The maximum atomic E-state index is 12.7. The Balaban J connectivity index is 2.06. The van der Waals surface area contributed by atoms with Crippen LogP contribution in [0.1, 0.15) is 5.56 Å². The fraction of sp³-hybridized carbons (Fsp3) is 0.333. The van der Waals surface area contributed by atoms with Gasteiger partial charge in [-0.15, -0.1) is 0 Å². The van der Waals surface area contributed by atoms with Gasteiger partial charge < -0.3 is 14.0 Å². The van der Waals surface area contributed by atoms with Gasteiger partial charge in [0, 0.05) is 37.8 Å². The van der Waals surface area contributed by atoms with Gasteiger partial charge in [-0.3, -0.25) is 13.9 Å². The lowest BCUT2D eigenvalue weighted by molar-refractivity contribution is 0.188. The van der Waals surface area contributed by atoms with Gasteiger partial charge in [-0.05, 0) is 18.2 Å². The number of hydrogen-bond acceptors (Lipinski definition) is 7. The lowest BCUT2D eigenvalue weighted by Gasteiger charge is -2.08. The second-order valence-electron chi connectivity index (χ2n) is 6.21. The Bertz CT molecular complexity index is 1190. The van der Waals surface area contributed by atoms with E-state index < -0.39 is 11.2 Å². The van der Waals surface area contributed by atoms with Crippen molar-refractivity contribution in [2.45, 2.75) is 6.54 Å². The molecule has 1 aromatic carbocycles. The molecule has 0 aliphatic carbocycles. The van der Waals surface area contributed by atoms with Crippen molar-refractivity contribution in [1.29, 1.82) is 0 Å². The number of ether oxygens (including phenoxy) is 2. The normalized spacial score (nSPS) is 11.5. The van der Waals surface area contributed by atoms with Crippen LogP contribution >= 0.6 is 15.9 Å². The van der Waals surface area contributed by atoms with E-state index >= 15 is 0 Å². The number of rotatable bonds is 7. The van der Waals surface area contributed by atoms with Gasteiger partial charge in [-0.25, -0.2) is 10.2 Å². The first-order chi connectivity index (χ1) is 13.9. The average Bonchev–Trinajstić information content (AvgIpc) is 3.07. The van der Waals surface area contributed by atoms with Crippen molar-refractivity contribution in [3.8, 4) is 5.75 Å². The highest BCUT2D eigenvalue weighted by atomic mass is 79.9. The van der Waals surface area contributed by atoms with E-state index in [4.69, 9.17) is 9.47 Å². The third kappa shape index (κ3) is 3.96. The molecule has 0 atom stereocenters. The first-order valence-corrected chi connectivity index (χ1v) is 9.46. The van der Waals surface area contributed by atoms with E-state index in [0.717, 1.165) is 14.6 Å². The Morgan fingerprint density at radius 3 is 2.69 bits per heavy atom. The van der Waals surface area contributed by atoms with Crippen LogP contribution in [0.3, 0.4) is 0 Å². The summed E-state index contributed by atoms with van der Waals surface area (Å²) < 4.78 is 15.4. The number of halogens is 1. The molecule has 0 spiro atoms. The van der Waals surface area contributed by atoms with E-state index in [9.17, 15) is 9.59 Å². The van der Waals surface area contributed by atoms with Gasteiger partial charge in [-0.1, -0.05) is 15.9 Å². The summed E-state index contributed by atoms with van der Waals surface area (Å²) in [7, 11) is 6.14. The Morgan fingerprint density at radius 2 is 2.00 bits per heavy atom. The van der Waals surface area contributed by atoms with Crippen LogP contribution < -0.4 is 21.4 Å². The number of nitrogens with zero attached hydrogens (tertiary/aromatic N) is 5. The zero-order valence-electron chi connectivity index (χ0n) is 16.5. The maximum absolute atomic E-state index is 12.7. The number of methoxy groups -OCH3 is 2. The summed E-state index contributed by atoms with van der Waals surface area (Å²) in [6.45, 7) is 0.716.